The average Bonchev–Trinajstić information content (AvgIpc) is 2.80. The van der Waals surface area contributed by atoms with Crippen molar-refractivity contribution in [2.24, 2.45) is 0 Å². The number of benzene rings is 3. The fourth-order valence-corrected chi connectivity index (χ4v) is 3.98. The first-order chi connectivity index (χ1) is 15.2. The van der Waals surface area contributed by atoms with Crippen molar-refractivity contribution in [2.75, 3.05) is 28.6 Å². The lowest BCUT2D eigenvalue weighted by Gasteiger charge is -2.28. The number of para-hydroxylation sites is 1. The highest BCUT2D eigenvalue weighted by Gasteiger charge is 2.12. The summed E-state index contributed by atoms with van der Waals surface area (Å²) in [6.07, 6.45) is 3.86. The van der Waals surface area contributed by atoms with Gasteiger partial charge in [0.25, 0.3) is 0 Å². The smallest absolute Gasteiger partial charge is 0.229 e. The van der Waals surface area contributed by atoms with E-state index in [0.29, 0.717) is 11.8 Å². The van der Waals surface area contributed by atoms with Crippen LogP contribution in [0, 0.1) is 0 Å². The van der Waals surface area contributed by atoms with E-state index >= 15 is 0 Å². The van der Waals surface area contributed by atoms with Crippen molar-refractivity contribution in [2.45, 2.75) is 19.3 Å². The molecule has 0 spiro atoms. The van der Waals surface area contributed by atoms with E-state index in [1.165, 1.54) is 24.9 Å². The van der Waals surface area contributed by atoms with Gasteiger partial charge in [-0.1, -0.05) is 18.2 Å². The molecule has 0 bridgehead atoms. The van der Waals surface area contributed by atoms with Gasteiger partial charge in [-0.15, -0.1) is 0 Å². The van der Waals surface area contributed by atoms with E-state index in [2.05, 4.69) is 44.8 Å². The molecule has 0 amide bonds. The molecule has 5 rings (SSSR count). The highest BCUT2D eigenvalue weighted by molar-refractivity contribution is 5.92. The van der Waals surface area contributed by atoms with Gasteiger partial charge in [0.2, 0.25) is 5.95 Å². The fourth-order valence-electron chi connectivity index (χ4n) is 3.98. The first-order valence-electron chi connectivity index (χ1n) is 10.7. The van der Waals surface area contributed by atoms with Crippen LogP contribution in [0.4, 0.5) is 28.8 Å². The van der Waals surface area contributed by atoms with Crippen LogP contribution in [0.5, 0.6) is 5.75 Å². The summed E-state index contributed by atoms with van der Waals surface area (Å²) in [5.41, 5.74) is 3.81. The zero-order valence-corrected chi connectivity index (χ0v) is 17.3. The van der Waals surface area contributed by atoms with Crippen LogP contribution in [0.25, 0.3) is 10.9 Å². The summed E-state index contributed by atoms with van der Waals surface area (Å²) < 4.78 is 0. The normalized spacial score (nSPS) is 13.9. The molecule has 3 aromatic carbocycles. The minimum atomic E-state index is 0.204. The molecule has 1 aliphatic heterocycles. The number of hydrogen-bond donors (Lipinski definition) is 3. The van der Waals surface area contributed by atoms with Crippen molar-refractivity contribution < 1.29 is 5.11 Å². The lowest BCUT2D eigenvalue weighted by atomic mass is 10.1. The number of piperidine rings is 1. The second-order valence-electron chi connectivity index (χ2n) is 7.81. The summed E-state index contributed by atoms with van der Waals surface area (Å²) in [7, 11) is 0. The number of nitrogens with one attached hydrogen (secondary N) is 2. The van der Waals surface area contributed by atoms with Gasteiger partial charge in [-0.3, -0.25) is 0 Å². The Hall–Kier alpha value is -3.80. The Morgan fingerprint density at radius 2 is 1.55 bits per heavy atom. The van der Waals surface area contributed by atoms with Crippen LogP contribution in [0.15, 0.2) is 72.8 Å². The average molecular weight is 412 g/mol. The number of phenols is 1. The summed E-state index contributed by atoms with van der Waals surface area (Å²) in [6, 6.07) is 23.3. The van der Waals surface area contributed by atoms with E-state index in [9.17, 15) is 5.11 Å². The largest absolute Gasteiger partial charge is 0.508 e. The quantitative estimate of drug-likeness (QED) is 0.385. The minimum absolute atomic E-state index is 0.204. The van der Waals surface area contributed by atoms with Gasteiger partial charge in [0.15, 0.2) is 0 Å². The van der Waals surface area contributed by atoms with Crippen molar-refractivity contribution in [3.05, 3.63) is 72.8 Å². The number of anilines is 5. The van der Waals surface area contributed by atoms with E-state index in [1.807, 2.05) is 30.3 Å². The fraction of sp³-hybridized carbons (Fsp3) is 0.200. The van der Waals surface area contributed by atoms with Gasteiger partial charge in [-0.2, -0.15) is 4.98 Å². The van der Waals surface area contributed by atoms with Crippen molar-refractivity contribution in [3.63, 3.8) is 0 Å². The number of rotatable bonds is 5. The summed E-state index contributed by atoms with van der Waals surface area (Å²) in [4.78, 5) is 11.8. The number of nitrogens with zero attached hydrogens (tertiary/aromatic N) is 3. The van der Waals surface area contributed by atoms with Crippen LogP contribution in [-0.4, -0.2) is 28.2 Å². The molecule has 1 saturated heterocycles. The minimum Gasteiger partial charge on any atom is -0.508 e. The molecule has 0 saturated carbocycles. The Kier molecular flexibility index (Phi) is 5.27. The molecule has 2 heterocycles. The Morgan fingerprint density at radius 1 is 0.742 bits per heavy atom. The molecule has 0 atom stereocenters. The van der Waals surface area contributed by atoms with E-state index in [4.69, 9.17) is 4.98 Å². The molecular weight excluding hydrogens is 386 g/mol. The number of hydrogen-bond acceptors (Lipinski definition) is 6. The van der Waals surface area contributed by atoms with Crippen molar-refractivity contribution in [1.82, 2.24) is 9.97 Å². The third-order valence-corrected chi connectivity index (χ3v) is 5.56. The Bertz CT molecular complexity index is 1190. The Morgan fingerprint density at radius 3 is 2.35 bits per heavy atom. The van der Waals surface area contributed by atoms with Crippen molar-refractivity contribution >= 4 is 39.7 Å². The molecule has 1 fully saturated rings. The predicted molar refractivity (Wildman–Crippen MR) is 127 cm³/mol. The molecular formula is C25H25N5O. The Balaban J connectivity index is 1.42. The second-order valence-corrected chi connectivity index (χ2v) is 7.81. The number of aromatic nitrogens is 2. The molecule has 3 N–H and O–H groups in total. The van der Waals surface area contributed by atoms with Crippen LogP contribution in [-0.2, 0) is 0 Å². The van der Waals surface area contributed by atoms with Gasteiger partial charge in [-0.05, 0) is 67.8 Å². The lowest BCUT2D eigenvalue weighted by molar-refractivity contribution is 0.475. The van der Waals surface area contributed by atoms with E-state index in [-0.39, 0.29) is 5.75 Å². The number of aromatic hydroxyl groups is 1. The molecule has 0 radical (unpaired) electrons. The first-order valence-corrected chi connectivity index (χ1v) is 10.7. The van der Waals surface area contributed by atoms with Crippen LogP contribution in [0.2, 0.25) is 0 Å². The van der Waals surface area contributed by atoms with Crippen LogP contribution < -0.4 is 15.5 Å². The molecule has 6 nitrogen and oxygen atoms in total. The van der Waals surface area contributed by atoms with Gasteiger partial charge in [0.1, 0.15) is 11.6 Å². The standard InChI is InChI=1S/C25H25N5O/c31-21-8-6-7-19(17-21)26-24-22-9-2-3-10-23(22)28-25(29-24)27-18-11-13-20(14-12-18)30-15-4-1-5-16-30/h2-3,6-14,17,31H,1,4-5,15-16H2,(H2,26,27,28,29). The predicted octanol–water partition coefficient (Wildman–Crippen LogP) is 5.81. The molecule has 4 aromatic rings. The van der Waals surface area contributed by atoms with Gasteiger partial charge in [0, 0.05) is 41.6 Å². The number of phenolic OH excluding ortho intramolecular Hbond substituents is 1. The maximum absolute atomic E-state index is 9.78. The van der Waals surface area contributed by atoms with Gasteiger partial charge < -0.3 is 20.6 Å². The molecule has 1 aliphatic rings. The third kappa shape index (κ3) is 4.38. The highest BCUT2D eigenvalue weighted by atomic mass is 16.3. The zero-order valence-electron chi connectivity index (χ0n) is 17.3. The highest BCUT2D eigenvalue weighted by Crippen LogP contribution is 2.28. The lowest BCUT2D eigenvalue weighted by Crippen LogP contribution is -2.29. The van der Waals surface area contributed by atoms with Crippen molar-refractivity contribution in [1.29, 1.82) is 0 Å². The number of fused-ring (bicyclic) bond motifs is 1. The van der Waals surface area contributed by atoms with Gasteiger partial charge in [0.05, 0.1) is 5.52 Å². The summed E-state index contributed by atoms with van der Waals surface area (Å²) in [5.74, 6) is 1.41. The second kappa shape index (κ2) is 8.52. The van der Waals surface area contributed by atoms with E-state index in [1.54, 1.807) is 18.2 Å². The molecule has 6 heteroatoms. The zero-order chi connectivity index (χ0) is 21.0. The van der Waals surface area contributed by atoms with Gasteiger partial charge in [-0.25, -0.2) is 4.98 Å². The third-order valence-electron chi connectivity index (χ3n) is 5.56. The van der Waals surface area contributed by atoms with Gasteiger partial charge >= 0.3 is 0 Å². The summed E-state index contributed by atoms with van der Waals surface area (Å²) in [6.45, 7) is 2.26. The van der Waals surface area contributed by atoms with Crippen LogP contribution in [0.1, 0.15) is 19.3 Å². The maximum atomic E-state index is 9.78. The maximum Gasteiger partial charge on any atom is 0.229 e. The summed E-state index contributed by atoms with van der Waals surface area (Å²) in [5, 5.41) is 17.3. The molecule has 0 unspecified atom stereocenters. The van der Waals surface area contributed by atoms with E-state index in [0.717, 1.165) is 35.4 Å². The molecule has 1 aromatic heterocycles. The Labute approximate surface area is 181 Å². The monoisotopic (exact) mass is 411 g/mol. The SMILES string of the molecule is Oc1cccc(Nc2nc(Nc3ccc(N4CCCCC4)cc3)nc3ccccc23)c1. The summed E-state index contributed by atoms with van der Waals surface area (Å²) >= 11 is 0. The molecule has 0 aliphatic carbocycles. The van der Waals surface area contributed by atoms with Crippen LogP contribution >= 0.6 is 0 Å². The first kappa shape index (κ1) is 19.2. The molecule has 156 valence electrons. The van der Waals surface area contributed by atoms with Crippen molar-refractivity contribution in [3.8, 4) is 5.75 Å². The van der Waals surface area contributed by atoms with E-state index < -0.39 is 0 Å². The topological polar surface area (TPSA) is 73.3 Å². The molecule has 31 heavy (non-hydrogen) atoms. The van der Waals surface area contributed by atoms with Crippen LogP contribution in [0.3, 0.4) is 0 Å².